The zero-order chi connectivity index (χ0) is 23.6. The highest BCUT2D eigenvalue weighted by Crippen LogP contribution is 2.56. The average molecular weight is 454 g/mol. The molecule has 35 heavy (non-hydrogen) atoms. The lowest BCUT2D eigenvalue weighted by Crippen LogP contribution is -2.37. The molecule has 0 radical (unpaired) electrons. The van der Waals surface area contributed by atoms with Crippen LogP contribution in [0.1, 0.15) is 61.3 Å². The number of anilines is 2. The molecule has 0 saturated carbocycles. The van der Waals surface area contributed by atoms with Gasteiger partial charge in [-0.3, -0.25) is 0 Å². The third-order valence-electron chi connectivity index (χ3n) is 8.47. The molecule has 1 nitrogen and oxygen atoms in total. The summed E-state index contributed by atoms with van der Waals surface area (Å²) in [6.45, 7) is 5.82. The van der Waals surface area contributed by atoms with Crippen LogP contribution in [-0.2, 0) is 5.41 Å². The molecular weight excluding hydrogens is 422 g/mol. The molecule has 3 aromatic rings. The van der Waals surface area contributed by atoms with Crippen molar-refractivity contribution in [3.63, 3.8) is 0 Å². The number of rotatable bonds is 2. The van der Waals surface area contributed by atoms with Crippen LogP contribution >= 0.6 is 0 Å². The van der Waals surface area contributed by atoms with Gasteiger partial charge in [-0.1, -0.05) is 92.8 Å². The van der Waals surface area contributed by atoms with Crippen LogP contribution in [0.2, 0.25) is 0 Å². The summed E-state index contributed by atoms with van der Waals surface area (Å²) in [6, 6.07) is 23.0. The standard InChI is InChI=1S/C34H31N/c1-34(2)30-20-25(23-11-5-3-6-12-23)17-18-32(30)35-22-26-15-9-10-16-28(26)29-19-27(21-31(34)33(29)35)24-13-7-4-8-14-24/h3-9,11-13,15,17-21,24H,10,14,16,22H2,1-2H3. The maximum absolute atomic E-state index is 2.61. The molecular formula is C34H31N. The first-order valence-electron chi connectivity index (χ1n) is 13.0. The van der Waals surface area contributed by atoms with E-state index in [1.54, 1.807) is 5.57 Å². The van der Waals surface area contributed by atoms with Crippen molar-refractivity contribution in [1.29, 1.82) is 0 Å². The summed E-state index contributed by atoms with van der Waals surface area (Å²) in [5.41, 5.74) is 14.2. The Labute approximate surface area is 208 Å². The number of fused-ring (bicyclic) bond motifs is 3. The second-order valence-corrected chi connectivity index (χ2v) is 10.9. The van der Waals surface area contributed by atoms with E-state index in [4.69, 9.17) is 0 Å². The summed E-state index contributed by atoms with van der Waals surface area (Å²) in [5, 5.41) is 0. The second kappa shape index (κ2) is 7.71. The summed E-state index contributed by atoms with van der Waals surface area (Å²) in [7, 11) is 0. The molecule has 0 saturated heterocycles. The third kappa shape index (κ3) is 3.14. The molecule has 2 aliphatic carbocycles. The minimum atomic E-state index is -0.0759. The van der Waals surface area contributed by atoms with E-state index in [1.807, 2.05) is 0 Å². The molecule has 0 aromatic heterocycles. The van der Waals surface area contributed by atoms with Crippen molar-refractivity contribution < 1.29 is 0 Å². The van der Waals surface area contributed by atoms with Crippen LogP contribution < -0.4 is 4.90 Å². The fourth-order valence-electron chi connectivity index (χ4n) is 6.55. The van der Waals surface area contributed by atoms with Crippen LogP contribution in [0.3, 0.4) is 0 Å². The minimum absolute atomic E-state index is 0.0759. The third-order valence-corrected chi connectivity index (χ3v) is 8.47. The van der Waals surface area contributed by atoms with Crippen molar-refractivity contribution in [3.05, 3.63) is 125 Å². The quantitative estimate of drug-likeness (QED) is 0.374. The number of benzene rings is 3. The largest absolute Gasteiger partial charge is 0.336 e. The molecule has 1 unspecified atom stereocenters. The molecule has 0 spiro atoms. The fraction of sp³-hybridized carbons (Fsp3) is 0.235. The Balaban J connectivity index is 1.47. The predicted octanol–water partition coefficient (Wildman–Crippen LogP) is 8.85. The van der Waals surface area contributed by atoms with Crippen LogP contribution in [-0.4, -0.2) is 6.54 Å². The van der Waals surface area contributed by atoms with Gasteiger partial charge in [0.1, 0.15) is 0 Å². The lowest BCUT2D eigenvalue weighted by Gasteiger charge is -2.46. The van der Waals surface area contributed by atoms with Crippen molar-refractivity contribution in [3.8, 4) is 11.1 Å². The second-order valence-electron chi connectivity index (χ2n) is 10.9. The Morgan fingerprint density at radius 2 is 1.74 bits per heavy atom. The van der Waals surface area contributed by atoms with Crippen LogP contribution in [0.15, 0.2) is 103 Å². The summed E-state index contributed by atoms with van der Waals surface area (Å²) < 4.78 is 0. The van der Waals surface area contributed by atoms with E-state index in [2.05, 4.69) is 116 Å². The van der Waals surface area contributed by atoms with Crippen molar-refractivity contribution in [2.75, 3.05) is 11.4 Å². The van der Waals surface area contributed by atoms with Gasteiger partial charge in [0, 0.05) is 29.1 Å². The topological polar surface area (TPSA) is 3.24 Å². The van der Waals surface area contributed by atoms with Gasteiger partial charge in [0.25, 0.3) is 0 Å². The first kappa shape index (κ1) is 20.8. The maximum atomic E-state index is 2.61. The van der Waals surface area contributed by atoms with E-state index in [0.717, 1.165) is 25.8 Å². The number of allylic oxidation sites excluding steroid dienone is 6. The summed E-state index contributed by atoms with van der Waals surface area (Å²) >= 11 is 0. The normalized spacial score (nSPS) is 21.0. The highest BCUT2D eigenvalue weighted by Gasteiger charge is 2.41. The van der Waals surface area contributed by atoms with Gasteiger partial charge < -0.3 is 4.90 Å². The fourth-order valence-corrected chi connectivity index (χ4v) is 6.55. The number of hydrogen-bond donors (Lipinski definition) is 0. The van der Waals surface area contributed by atoms with E-state index in [-0.39, 0.29) is 5.41 Å². The molecule has 1 heteroatoms. The summed E-state index contributed by atoms with van der Waals surface area (Å²) in [5.74, 6) is 0.452. The smallest absolute Gasteiger partial charge is 0.0532 e. The predicted molar refractivity (Wildman–Crippen MR) is 148 cm³/mol. The van der Waals surface area contributed by atoms with Crippen LogP contribution in [0.4, 0.5) is 11.4 Å². The molecule has 0 N–H and O–H groups in total. The van der Waals surface area contributed by atoms with Gasteiger partial charge in [-0.25, -0.2) is 0 Å². The molecule has 0 bridgehead atoms. The first-order chi connectivity index (χ1) is 17.1. The lowest BCUT2D eigenvalue weighted by molar-refractivity contribution is 0.623. The van der Waals surface area contributed by atoms with E-state index < -0.39 is 0 Å². The van der Waals surface area contributed by atoms with Gasteiger partial charge in [0.2, 0.25) is 0 Å². The zero-order valence-corrected chi connectivity index (χ0v) is 20.6. The van der Waals surface area contributed by atoms with Gasteiger partial charge in [0.05, 0.1) is 5.69 Å². The number of nitrogens with zero attached hydrogens (tertiary/aromatic N) is 1. The Morgan fingerprint density at radius 3 is 2.57 bits per heavy atom. The molecule has 0 fully saturated rings. The van der Waals surface area contributed by atoms with Crippen LogP contribution in [0.25, 0.3) is 16.7 Å². The van der Waals surface area contributed by atoms with Crippen molar-refractivity contribution in [2.24, 2.45) is 0 Å². The molecule has 3 aromatic carbocycles. The highest BCUT2D eigenvalue weighted by molar-refractivity contribution is 5.94. The Bertz CT molecular complexity index is 1460. The highest BCUT2D eigenvalue weighted by atomic mass is 15.2. The van der Waals surface area contributed by atoms with Gasteiger partial charge in [-0.15, -0.1) is 0 Å². The molecule has 1 atom stereocenters. The van der Waals surface area contributed by atoms with Gasteiger partial charge in [-0.05, 0) is 76.4 Å². The monoisotopic (exact) mass is 453 g/mol. The van der Waals surface area contributed by atoms with Crippen molar-refractivity contribution in [1.82, 2.24) is 0 Å². The van der Waals surface area contributed by atoms with E-state index in [0.29, 0.717) is 5.92 Å². The lowest BCUT2D eigenvalue weighted by atomic mass is 9.69. The minimum Gasteiger partial charge on any atom is -0.336 e. The maximum Gasteiger partial charge on any atom is 0.0532 e. The Hall–Kier alpha value is -3.58. The van der Waals surface area contributed by atoms with Crippen LogP contribution in [0.5, 0.6) is 0 Å². The van der Waals surface area contributed by atoms with E-state index in [9.17, 15) is 0 Å². The SMILES string of the molecule is CC1(C)c2cc(-c3ccccc3)ccc2N2CC3=C(CCC=C3)c3cc(C4C=CC=CC4)cc1c32. The van der Waals surface area contributed by atoms with Crippen molar-refractivity contribution >= 4 is 16.9 Å². The molecule has 7 rings (SSSR count). The average Bonchev–Trinajstić information content (AvgIpc) is 2.92. The summed E-state index contributed by atoms with van der Waals surface area (Å²) in [4.78, 5) is 2.61. The first-order valence-corrected chi connectivity index (χ1v) is 13.0. The molecule has 0 amide bonds. The van der Waals surface area contributed by atoms with Gasteiger partial charge in [-0.2, -0.15) is 0 Å². The molecule has 2 aliphatic heterocycles. The molecule has 172 valence electrons. The Kier molecular flexibility index (Phi) is 4.58. The van der Waals surface area contributed by atoms with Crippen molar-refractivity contribution in [2.45, 2.75) is 44.4 Å². The molecule has 4 aliphatic rings. The van der Waals surface area contributed by atoms with Gasteiger partial charge in [0.15, 0.2) is 0 Å². The van der Waals surface area contributed by atoms with Gasteiger partial charge >= 0.3 is 0 Å². The zero-order valence-electron chi connectivity index (χ0n) is 20.6. The van der Waals surface area contributed by atoms with E-state index in [1.165, 1.54) is 50.3 Å². The summed E-state index contributed by atoms with van der Waals surface area (Å²) in [6.07, 6.45) is 17.2. The number of hydrogen-bond acceptors (Lipinski definition) is 1. The van der Waals surface area contributed by atoms with Crippen LogP contribution in [0, 0.1) is 0 Å². The van der Waals surface area contributed by atoms with E-state index >= 15 is 0 Å². The Morgan fingerprint density at radius 1 is 0.857 bits per heavy atom. The molecule has 2 heterocycles.